The summed E-state index contributed by atoms with van der Waals surface area (Å²) in [5.74, 6) is 0. The molecule has 7 heteroatoms. The van der Waals surface area contributed by atoms with E-state index in [1.807, 2.05) is 41.5 Å². The van der Waals surface area contributed by atoms with Gasteiger partial charge in [-0.1, -0.05) is 0 Å². The summed E-state index contributed by atoms with van der Waals surface area (Å²) in [6, 6.07) is -0.108. The summed E-state index contributed by atoms with van der Waals surface area (Å²) in [4.78, 5) is 13.9. The predicted octanol–water partition coefficient (Wildman–Crippen LogP) is 3.56. The van der Waals surface area contributed by atoms with E-state index in [1.165, 1.54) is 0 Å². The molecule has 3 atom stereocenters. The number of ether oxygens (including phenoxy) is 1. The zero-order valence-corrected chi connectivity index (χ0v) is 17.2. The highest BCUT2D eigenvalue weighted by atomic mass is 32.2. The summed E-state index contributed by atoms with van der Waals surface area (Å²) < 4.78 is 34.9. The van der Waals surface area contributed by atoms with Crippen LogP contribution < -0.4 is 4.72 Å². The monoisotopic (exact) mass is 376 g/mol. The smallest absolute Gasteiger partial charge is 0.410 e. The Balaban J connectivity index is 2.01. The zero-order chi connectivity index (χ0) is 19.0. The lowest BCUT2D eigenvalue weighted by atomic mass is 9.74. The molecule has 25 heavy (non-hydrogen) atoms. The lowest BCUT2D eigenvalue weighted by molar-refractivity contribution is 0.00768. The van der Waals surface area contributed by atoms with E-state index >= 15 is 0 Å². The number of halogens is 1. The van der Waals surface area contributed by atoms with Crippen LogP contribution in [0.1, 0.15) is 67.2 Å². The minimum Gasteiger partial charge on any atom is -0.444 e. The molecule has 1 amide bonds. The molecule has 1 heterocycles. The van der Waals surface area contributed by atoms with Crippen molar-refractivity contribution in [3.05, 3.63) is 0 Å². The number of rotatable bonds is 2. The minimum atomic E-state index is -1.22. The van der Waals surface area contributed by atoms with Crippen LogP contribution >= 0.6 is 0 Å². The summed E-state index contributed by atoms with van der Waals surface area (Å²) >= 11 is 0. The number of alkyl halides is 1. The second-order valence-corrected chi connectivity index (χ2v) is 11.4. The summed E-state index contributed by atoms with van der Waals surface area (Å²) in [6.07, 6.45) is 1.13. The topological polar surface area (TPSA) is 58.6 Å². The third-order valence-corrected chi connectivity index (χ3v) is 6.69. The molecule has 146 valence electrons. The van der Waals surface area contributed by atoms with Crippen molar-refractivity contribution in [1.29, 1.82) is 0 Å². The Kier molecular flexibility index (Phi) is 5.89. The molecule has 0 aromatic rings. The lowest BCUT2D eigenvalue weighted by Gasteiger charge is -2.43. The van der Waals surface area contributed by atoms with E-state index in [0.717, 1.165) is 0 Å². The number of carbonyl (C=O) groups is 1. The van der Waals surface area contributed by atoms with Gasteiger partial charge in [-0.15, -0.1) is 0 Å². The molecule has 2 aliphatic rings. The van der Waals surface area contributed by atoms with Crippen LogP contribution in [0, 0.1) is 5.41 Å². The van der Waals surface area contributed by atoms with E-state index < -0.39 is 22.8 Å². The van der Waals surface area contributed by atoms with Gasteiger partial charge in [0.15, 0.2) is 0 Å². The Labute approximate surface area is 153 Å². The second-order valence-electron chi connectivity index (χ2n) is 9.42. The van der Waals surface area contributed by atoms with Gasteiger partial charge in [0.2, 0.25) is 0 Å². The first-order valence-electron chi connectivity index (χ1n) is 9.12. The average Bonchev–Trinajstić information content (AvgIpc) is 2.72. The molecule has 1 saturated carbocycles. The van der Waals surface area contributed by atoms with E-state index in [2.05, 4.69) is 4.72 Å². The zero-order valence-electron chi connectivity index (χ0n) is 16.4. The fraction of sp³-hybridized carbons (Fsp3) is 0.944. The standard InChI is InChI=1S/C18H33FN2O3S/c1-16(2,3)24-15(22)21-9-7-18(8-10-21)12-13(19)11-14(18)20-25(23)17(4,5)6/h13-14,20H,7-12H2,1-6H3/t13-,14+,25-/m0/s1. The lowest BCUT2D eigenvalue weighted by Crippen LogP contribution is -2.52. The molecule has 0 aromatic heterocycles. The molecule has 0 aromatic carbocycles. The highest BCUT2D eigenvalue weighted by Gasteiger charge is 2.50. The highest BCUT2D eigenvalue weighted by Crippen LogP contribution is 2.48. The Morgan fingerprint density at radius 3 is 2.24 bits per heavy atom. The molecule has 1 spiro atoms. The van der Waals surface area contributed by atoms with Gasteiger partial charge in [0.25, 0.3) is 0 Å². The Bertz CT molecular complexity index is 519. The maximum atomic E-state index is 14.2. The Hall–Kier alpha value is -0.690. The van der Waals surface area contributed by atoms with Crippen LogP contribution in [-0.2, 0) is 15.7 Å². The van der Waals surface area contributed by atoms with Crippen molar-refractivity contribution in [2.45, 2.75) is 89.8 Å². The first-order valence-corrected chi connectivity index (χ1v) is 10.3. The van der Waals surface area contributed by atoms with Gasteiger partial charge < -0.3 is 9.64 Å². The summed E-state index contributed by atoms with van der Waals surface area (Å²) in [7, 11) is -1.22. The van der Waals surface area contributed by atoms with E-state index in [4.69, 9.17) is 4.74 Å². The fourth-order valence-corrected chi connectivity index (χ4v) is 4.62. The number of hydrogen-bond donors (Lipinski definition) is 1. The third kappa shape index (κ3) is 5.16. The van der Waals surface area contributed by atoms with Crippen molar-refractivity contribution < 1.29 is 18.1 Å². The molecule has 2 rings (SSSR count). The van der Waals surface area contributed by atoms with Crippen LogP contribution in [0.25, 0.3) is 0 Å². The molecular weight excluding hydrogens is 343 g/mol. The number of likely N-dealkylation sites (tertiary alicyclic amines) is 1. The van der Waals surface area contributed by atoms with Gasteiger partial charge in [-0.3, -0.25) is 0 Å². The summed E-state index contributed by atoms with van der Waals surface area (Å²) in [5.41, 5.74) is -0.740. The molecule has 1 saturated heterocycles. The Morgan fingerprint density at radius 1 is 1.20 bits per heavy atom. The molecule has 0 radical (unpaired) electrons. The van der Waals surface area contributed by atoms with E-state index in [9.17, 15) is 13.4 Å². The van der Waals surface area contributed by atoms with Crippen molar-refractivity contribution in [2.24, 2.45) is 5.41 Å². The van der Waals surface area contributed by atoms with E-state index in [1.54, 1.807) is 4.90 Å². The average molecular weight is 377 g/mol. The highest BCUT2D eigenvalue weighted by molar-refractivity contribution is 7.84. The normalized spacial score (nSPS) is 28.2. The molecule has 0 unspecified atom stereocenters. The largest absolute Gasteiger partial charge is 0.444 e. The van der Waals surface area contributed by atoms with E-state index in [0.29, 0.717) is 38.8 Å². The van der Waals surface area contributed by atoms with Gasteiger partial charge in [0.1, 0.15) is 11.8 Å². The molecule has 1 aliphatic heterocycles. The fourth-order valence-electron chi connectivity index (χ4n) is 3.67. The van der Waals surface area contributed by atoms with Crippen LogP contribution in [0.3, 0.4) is 0 Å². The van der Waals surface area contributed by atoms with Crippen molar-refractivity contribution in [3.63, 3.8) is 0 Å². The molecular formula is C18H33FN2O3S. The number of hydrogen-bond acceptors (Lipinski definition) is 3. The number of piperidine rings is 1. The number of nitrogens with one attached hydrogen (secondary N) is 1. The van der Waals surface area contributed by atoms with Gasteiger partial charge in [-0.2, -0.15) is 0 Å². The van der Waals surface area contributed by atoms with Gasteiger partial charge >= 0.3 is 6.09 Å². The molecule has 0 bridgehead atoms. The van der Waals surface area contributed by atoms with Crippen LogP contribution in [0.2, 0.25) is 0 Å². The molecule has 2 fully saturated rings. The van der Waals surface area contributed by atoms with Crippen LogP contribution in [0.5, 0.6) is 0 Å². The van der Waals surface area contributed by atoms with Gasteiger partial charge in [-0.05, 0) is 72.6 Å². The van der Waals surface area contributed by atoms with Gasteiger partial charge in [-0.25, -0.2) is 18.1 Å². The molecule has 1 aliphatic carbocycles. The second kappa shape index (κ2) is 7.14. The summed E-state index contributed by atoms with van der Waals surface area (Å²) in [6.45, 7) is 12.4. The van der Waals surface area contributed by atoms with Crippen LogP contribution in [0.15, 0.2) is 0 Å². The number of carbonyl (C=O) groups excluding carboxylic acids is 1. The Morgan fingerprint density at radius 2 is 1.76 bits per heavy atom. The predicted molar refractivity (Wildman–Crippen MR) is 98.4 cm³/mol. The van der Waals surface area contributed by atoms with Gasteiger partial charge in [0.05, 0.1) is 15.7 Å². The van der Waals surface area contributed by atoms with E-state index in [-0.39, 0.29) is 22.3 Å². The minimum absolute atomic E-state index is 0.108. The first kappa shape index (κ1) is 20.6. The number of nitrogens with zero attached hydrogens (tertiary/aromatic N) is 1. The van der Waals surface area contributed by atoms with Crippen molar-refractivity contribution >= 4 is 17.1 Å². The molecule has 1 N–H and O–H groups in total. The van der Waals surface area contributed by atoms with Gasteiger partial charge in [0, 0.05) is 19.1 Å². The first-order chi connectivity index (χ1) is 11.3. The maximum Gasteiger partial charge on any atom is 0.410 e. The number of amides is 1. The maximum absolute atomic E-state index is 14.2. The van der Waals surface area contributed by atoms with Crippen LogP contribution in [0.4, 0.5) is 9.18 Å². The quantitative estimate of drug-likeness (QED) is 0.802. The molecule has 5 nitrogen and oxygen atoms in total. The SMILES string of the molecule is CC(C)(C)OC(=O)N1CCC2(CC1)C[C@@H](F)C[C@H]2N[S@@](=O)C(C)(C)C. The van der Waals surface area contributed by atoms with Crippen molar-refractivity contribution in [1.82, 2.24) is 9.62 Å². The van der Waals surface area contributed by atoms with Crippen LogP contribution in [-0.4, -0.2) is 50.9 Å². The van der Waals surface area contributed by atoms with Crippen molar-refractivity contribution in [3.8, 4) is 0 Å². The summed E-state index contributed by atoms with van der Waals surface area (Å²) in [5, 5.41) is 0. The van der Waals surface area contributed by atoms with Crippen molar-refractivity contribution in [2.75, 3.05) is 13.1 Å². The third-order valence-electron chi connectivity index (χ3n) is 5.08.